The summed E-state index contributed by atoms with van der Waals surface area (Å²) in [7, 11) is 1.82. The van der Waals surface area contributed by atoms with Crippen molar-refractivity contribution in [1.29, 1.82) is 0 Å². The van der Waals surface area contributed by atoms with Crippen LogP contribution in [0.2, 0.25) is 0 Å². The second kappa shape index (κ2) is 9.47. The van der Waals surface area contributed by atoms with E-state index < -0.39 is 5.82 Å². The molecule has 0 radical (unpaired) electrons. The molecule has 1 saturated heterocycles. The molecule has 1 fully saturated rings. The Morgan fingerprint density at radius 1 is 1.12 bits per heavy atom. The van der Waals surface area contributed by atoms with Gasteiger partial charge >= 0.3 is 0 Å². The molecule has 3 aromatic heterocycles. The van der Waals surface area contributed by atoms with Crippen molar-refractivity contribution in [3.8, 4) is 11.4 Å². The molecule has 2 aliphatic rings. The van der Waals surface area contributed by atoms with Crippen LogP contribution in [-0.4, -0.2) is 74.5 Å². The highest BCUT2D eigenvalue weighted by molar-refractivity contribution is 5.97. The van der Waals surface area contributed by atoms with Crippen molar-refractivity contribution in [3.63, 3.8) is 0 Å². The summed E-state index contributed by atoms with van der Waals surface area (Å²) in [6.45, 7) is 9.06. The van der Waals surface area contributed by atoms with Crippen molar-refractivity contribution in [2.75, 3.05) is 44.6 Å². The van der Waals surface area contributed by atoms with Crippen molar-refractivity contribution in [2.45, 2.75) is 19.9 Å². The molecule has 0 unspecified atom stereocenters. The van der Waals surface area contributed by atoms with Gasteiger partial charge in [0.25, 0.3) is 5.91 Å². The molecule has 0 saturated carbocycles. The Hall–Kier alpha value is -3.37. The zero-order valence-electron chi connectivity index (χ0n) is 19.5. The number of likely N-dealkylation sites (N-methyl/N-ethyl adjacent to an activating group) is 1. The smallest absolute Gasteiger partial charge is 0.253 e. The Labute approximate surface area is 198 Å². The number of nitrogens with one attached hydrogen (secondary N) is 2. The van der Waals surface area contributed by atoms with Crippen LogP contribution < -0.4 is 10.6 Å². The molecule has 34 heavy (non-hydrogen) atoms. The summed E-state index contributed by atoms with van der Waals surface area (Å²) in [5, 5.41) is 5.89. The monoisotopic (exact) mass is 464 g/mol. The van der Waals surface area contributed by atoms with Crippen LogP contribution in [0.15, 0.2) is 30.6 Å². The number of nitrogens with zero attached hydrogens (tertiary/aromatic N) is 6. The number of fused-ring (bicyclic) bond motifs is 1. The Bertz CT molecular complexity index is 1180. The van der Waals surface area contributed by atoms with Gasteiger partial charge in [0.15, 0.2) is 5.82 Å². The summed E-state index contributed by atoms with van der Waals surface area (Å²) >= 11 is 0. The van der Waals surface area contributed by atoms with Gasteiger partial charge in [-0.25, -0.2) is 19.3 Å². The van der Waals surface area contributed by atoms with Gasteiger partial charge in [0.1, 0.15) is 11.5 Å². The maximum atomic E-state index is 14.7. The first kappa shape index (κ1) is 22.4. The Morgan fingerprint density at radius 2 is 1.91 bits per heavy atom. The summed E-state index contributed by atoms with van der Waals surface area (Å²) in [4.78, 5) is 30.0. The third kappa shape index (κ3) is 4.51. The molecule has 0 aliphatic carbocycles. The lowest BCUT2D eigenvalue weighted by molar-refractivity contribution is 0.0945. The van der Waals surface area contributed by atoms with Gasteiger partial charge in [0, 0.05) is 64.6 Å². The highest BCUT2D eigenvalue weighted by atomic mass is 19.1. The fourth-order valence-electron chi connectivity index (χ4n) is 4.59. The maximum absolute atomic E-state index is 14.7. The van der Waals surface area contributed by atoms with Gasteiger partial charge in [0.2, 0.25) is 5.95 Å². The number of amides is 1. The standard InChI is InChI=1S/C24H29FN8O/c1-3-32-8-10-33(11-9-32)15-16-4-5-21(27-13-16)29-24-28-14-18(25)22(30-24)20-12-17-19(31(20)2)6-7-26-23(17)34/h4-5,12-14H,3,6-11,15H2,1-2H3,(H,26,34)(H,27,28,29,30). The van der Waals surface area contributed by atoms with Crippen molar-refractivity contribution >= 4 is 17.7 Å². The van der Waals surface area contributed by atoms with E-state index >= 15 is 0 Å². The number of hydrogen-bond donors (Lipinski definition) is 2. The highest BCUT2D eigenvalue weighted by Gasteiger charge is 2.25. The third-order valence-electron chi connectivity index (χ3n) is 6.62. The van der Waals surface area contributed by atoms with Crippen LogP contribution in [0, 0.1) is 5.82 Å². The number of anilines is 2. The van der Waals surface area contributed by atoms with Gasteiger partial charge in [-0.05, 0) is 24.2 Å². The first-order valence-corrected chi connectivity index (χ1v) is 11.7. The van der Waals surface area contributed by atoms with Crippen LogP contribution in [0.1, 0.15) is 28.5 Å². The van der Waals surface area contributed by atoms with E-state index in [-0.39, 0.29) is 17.5 Å². The zero-order valence-corrected chi connectivity index (χ0v) is 19.5. The van der Waals surface area contributed by atoms with Crippen LogP contribution in [0.4, 0.5) is 16.2 Å². The minimum absolute atomic E-state index is 0.144. The van der Waals surface area contributed by atoms with Crippen LogP contribution in [0.5, 0.6) is 0 Å². The lowest BCUT2D eigenvalue weighted by atomic mass is 10.1. The lowest BCUT2D eigenvalue weighted by Crippen LogP contribution is -2.45. The molecule has 2 N–H and O–H groups in total. The van der Waals surface area contributed by atoms with E-state index in [1.807, 2.05) is 29.9 Å². The quantitative estimate of drug-likeness (QED) is 0.578. The first-order valence-electron chi connectivity index (χ1n) is 11.7. The number of hydrogen-bond acceptors (Lipinski definition) is 7. The zero-order chi connectivity index (χ0) is 23.7. The lowest BCUT2D eigenvalue weighted by Gasteiger charge is -2.33. The molecule has 10 heteroatoms. The van der Waals surface area contributed by atoms with Crippen molar-refractivity contribution in [1.82, 2.24) is 34.6 Å². The minimum atomic E-state index is -0.546. The summed E-state index contributed by atoms with van der Waals surface area (Å²) < 4.78 is 16.5. The number of pyridine rings is 1. The van der Waals surface area contributed by atoms with Gasteiger partial charge in [-0.3, -0.25) is 9.69 Å². The Kier molecular flexibility index (Phi) is 6.25. The Morgan fingerprint density at radius 3 is 2.62 bits per heavy atom. The number of carbonyl (C=O) groups is 1. The molecule has 0 atom stereocenters. The molecule has 5 rings (SSSR count). The molecule has 1 amide bonds. The van der Waals surface area contributed by atoms with Crippen LogP contribution in [-0.2, 0) is 20.0 Å². The molecule has 5 heterocycles. The van der Waals surface area contributed by atoms with Crippen LogP contribution in [0.25, 0.3) is 11.4 Å². The third-order valence-corrected chi connectivity index (χ3v) is 6.62. The summed E-state index contributed by atoms with van der Waals surface area (Å²) in [5.74, 6) is 0.140. The topological polar surface area (TPSA) is 91.2 Å². The van der Waals surface area contributed by atoms with Gasteiger partial charge in [-0.1, -0.05) is 13.0 Å². The predicted octanol–water partition coefficient (Wildman–Crippen LogP) is 2.18. The molecule has 0 aromatic carbocycles. The van der Waals surface area contributed by atoms with Gasteiger partial charge in [-0.2, -0.15) is 0 Å². The van der Waals surface area contributed by atoms with Crippen molar-refractivity contribution in [3.05, 3.63) is 53.2 Å². The molecule has 178 valence electrons. The molecule has 0 spiro atoms. The number of piperazine rings is 1. The van der Waals surface area contributed by atoms with E-state index in [4.69, 9.17) is 0 Å². The Balaban J connectivity index is 1.30. The molecule has 0 bridgehead atoms. The van der Waals surface area contributed by atoms with Gasteiger partial charge in [0.05, 0.1) is 17.5 Å². The number of rotatable bonds is 6. The molecular weight excluding hydrogens is 435 g/mol. The summed E-state index contributed by atoms with van der Waals surface area (Å²) in [6, 6.07) is 5.61. The van der Waals surface area contributed by atoms with E-state index in [2.05, 4.69) is 42.3 Å². The van der Waals surface area contributed by atoms with E-state index in [0.717, 1.165) is 56.7 Å². The molecule has 2 aliphatic heterocycles. The normalized spacial score (nSPS) is 16.9. The number of carbonyl (C=O) groups excluding carboxylic acids is 1. The van der Waals surface area contributed by atoms with Crippen LogP contribution in [0.3, 0.4) is 0 Å². The molecule has 9 nitrogen and oxygen atoms in total. The van der Waals surface area contributed by atoms with Gasteiger partial charge in [-0.15, -0.1) is 0 Å². The summed E-state index contributed by atoms with van der Waals surface area (Å²) in [5.41, 5.74) is 3.26. The van der Waals surface area contributed by atoms with Gasteiger partial charge < -0.3 is 20.1 Å². The largest absolute Gasteiger partial charge is 0.352 e. The van der Waals surface area contributed by atoms with E-state index in [9.17, 15) is 9.18 Å². The predicted molar refractivity (Wildman–Crippen MR) is 127 cm³/mol. The minimum Gasteiger partial charge on any atom is -0.352 e. The maximum Gasteiger partial charge on any atom is 0.253 e. The van der Waals surface area contributed by atoms with E-state index in [1.165, 1.54) is 0 Å². The fraction of sp³-hybridized carbons (Fsp3) is 0.417. The van der Waals surface area contributed by atoms with Crippen LogP contribution >= 0.6 is 0 Å². The molecular formula is C24H29FN8O. The fourth-order valence-corrected chi connectivity index (χ4v) is 4.59. The van der Waals surface area contributed by atoms with E-state index in [1.54, 1.807) is 6.07 Å². The highest BCUT2D eigenvalue weighted by Crippen LogP contribution is 2.28. The van der Waals surface area contributed by atoms with Crippen molar-refractivity contribution in [2.24, 2.45) is 7.05 Å². The second-order valence-corrected chi connectivity index (χ2v) is 8.73. The van der Waals surface area contributed by atoms with Crippen molar-refractivity contribution < 1.29 is 9.18 Å². The second-order valence-electron chi connectivity index (χ2n) is 8.73. The number of halogens is 1. The number of aromatic nitrogens is 4. The molecule has 3 aromatic rings. The SMILES string of the molecule is CCN1CCN(Cc2ccc(Nc3ncc(F)c(-c4cc5c(n4C)CCNC5=O)n3)nc2)CC1. The summed E-state index contributed by atoms with van der Waals surface area (Å²) in [6.07, 6.45) is 3.68. The average molecular weight is 465 g/mol. The van der Waals surface area contributed by atoms with E-state index in [0.29, 0.717) is 30.0 Å². The first-order chi connectivity index (χ1) is 16.5. The average Bonchev–Trinajstić information content (AvgIpc) is 3.19.